The Morgan fingerprint density at radius 1 is 0.938 bits per heavy atom. The SMILES string of the molecule is CN1CCN(c2nc3c(c(N4CCCC4)n2)CN(C(=O)NCc2ccccc2)CC3)CC1. The maximum atomic E-state index is 12.9. The summed E-state index contributed by atoms with van der Waals surface area (Å²) in [6, 6.07) is 10.0. The van der Waals surface area contributed by atoms with E-state index in [0.717, 1.165) is 74.3 Å². The number of benzene rings is 1. The zero-order valence-corrected chi connectivity index (χ0v) is 19.0. The van der Waals surface area contributed by atoms with Crippen molar-refractivity contribution >= 4 is 17.8 Å². The van der Waals surface area contributed by atoms with Crippen LogP contribution in [0.15, 0.2) is 30.3 Å². The number of likely N-dealkylation sites (N-methyl/N-ethyl adjacent to an activating group) is 1. The molecule has 5 rings (SSSR count). The molecule has 2 fully saturated rings. The van der Waals surface area contributed by atoms with Gasteiger partial charge in [0.2, 0.25) is 5.95 Å². The second kappa shape index (κ2) is 9.32. The standard InChI is InChI=1S/C24H33N7O/c1-28-13-15-30(16-14-28)23-26-21-9-12-31(24(32)25-17-19-7-3-2-4-8-19)18-20(21)22(27-23)29-10-5-6-11-29/h2-4,7-8H,5-6,9-18H2,1H3,(H,25,32). The molecule has 1 N–H and O–H groups in total. The number of nitrogens with one attached hydrogen (secondary N) is 1. The van der Waals surface area contributed by atoms with Gasteiger partial charge in [-0.3, -0.25) is 0 Å². The largest absolute Gasteiger partial charge is 0.356 e. The maximum absolute atomic E-state index is 12.9. The zero-order valence-electron chi connectivity index (χ0n) is 19.0. The van der Waals surface area contributed by atoms with Crippen molar-refractivity contribution < 1.29 is 4.79 Å². The molecular formula is C24H33N7O. The number of fused-ring (bicyclic) bond motifs is 1. The molecule has 1 aromatic carbocycles. The minimum atomic E-state index is -0.0185. The Kier molecular flexibility index (Phi) is 6.12. The molecule has 8 heteroatoms. The highest BCUT2D eigenvalue weighted by Crippen LogP contribution is 2.31. The number of rotatable bonds is 4. The van der Waals surface area contributed by atoms with E-state index in [1.165, 1.54) is 12.8 Å². The van der Waals surface area contributed by atoms with Crippen molar-refractivity contribution in [2.45, 2.75) is 32.4 Å². The lowest BCUT2D eigenvalue weighted by Crippen LogP contribution is -2.46. The second-order valence-electron chi connectivity index (χ2n) is 9.07. The van der Waals surface area contributed by atoms with Crippen LogP contribution in [0.1, 0.15) is 29.7 Å². The molecular weight excluding hydrogens is 402 g/mol. The van der Waals surface area contributed by atoms with E-state index in [2.05, 4.69) is 27.1 Å². The van der Waals surface area contributed by atoms with Crippen LogP contribution in [-0.2, 0) is 19.5 Å². The van der Waals surface area contributed by atoms with Gasteiger partial charge in [0, 0.05) is 64.3 Å². The van der Waals surface area contributed by atoms with Crippen molar-refractivity contribution in [1.29, 1.82) is 0 Å². The van der Waals surface area contributed by atoms with E-state index in [1.807, 2.05) is 35.2 Å². The fraction of sp³-hybridized carbons (Fsp3) is 0.542. The van der Waals surface area contributed by atoms with Crippen LogP contribution in [0.3, 0.4) is 0 Å². The number of piperazine rings is 1. The van der Waals surface area contributed by atoms with Crippen molar-refractivity contribution in [3.05, 3.63) is 47.2 Å². The van der Waals surface area contributed by atoms with Gasteiger partial charge in [0.25, 0.3) is 0 Å². The molecule has 3 aliphatic rings. The molecule has 32 heavy (non-hydrogen) atoms. The summed E-state index contributed by atoms with van der Waals surface area (Å²) >= 11 is 0. The fourth-order valence-electron chi connectivity index (χ4n) is 4.78. The van der Waals surface area contributed by atoms with Gasteiger partial charge in [-0.05, 0) is 25.5 Å². The van der Waals surface area contributed by atoms with Crippen LogP contribution >= 0.6 is 0 Å². The van der Waals surface area contributed by atoms with Crippen LogP contribution in [0, 0.1) is 0 Å². The smallest absolute Gasteiger partial charge is 0.317 e. The number of urea groups is 1. The van der Waals surface area contributed by atoms with Crippen molar-refractivity contribution in [2.75, 3.05) is 62.7 Å². The van der Waals surface area contributed by atoms with E-state index in [0.29, 0.717) is 19.6 Å². The topological polar surface area (TPSA) is 67.8 Å². The van der Waals surface area contributed by atoms with Gasteiger partial charge >= 0.3 is 6.03 Å². The minimum Gasteiger partial charge on any atom is -0.356 e. The number of hydrogen-bond donors (Lipinski definition) is 1. The van der Waals surface area contributed by atoms with Crippen LogP contribution in [0.25, 0.3) is 0 Å². The van der Waals surface area contributed by atoms with Gasteiger partial charge in [-0.2, -0.15) is 4.98 Å². The molecule has 0 radical (unpaired) electrons. The zero-order chi connectivity index (χ0) is 21.9. The second-order valence-corrected chi connectivity index (χ2v) is 9.07. The van der Waals surface area contributed by atoms with Crippen LogP contribution in [-0.4, -0.2) is 78.7 Å². The first-order valence-corrected chi connectivity index (χ1v) is 11.8. The lowest BCUT2D eigenvalue weighted by Gasteiger charge is -2.35. The molecule has 0 aliphatic carbocycles. The summed E-state index contributed by atoms with van der Waals surface area (Å²) in [5.41, 5.74) is 3.35. The first-order valence-electron chi connectivity index (χ1n) is 11.8. The highest BCUT2D eigenvalue weighted by Gasteiger charge is 2.30. The third-order valence-electron chi connectivity index (χ3n) is 6.79. The van der Waals surface area contributed by atoms with Crippen molar-refractivity contribution in [3.8, 4) is 0 Å². The number of aromatic nitrogens is 2. The molecule has 2 saturated heterocycles. The average molecular weight is 436 g/mol. The van der Waals surface area contributed by atoms with E-state index in [4.69, 9.17) is 9.97 Å². The monoisotopic (exact) mass is 435 g/mol. The highest BCUT2D eigenvalue weighted by molar-refractivity contribution is 5.75. The first-order chi connectivity index (χ1) is 15.7. The molecule has 1 aromatic heterocycles. The Hall–Kier alpha value is -2.87. The summed E-state index contributed by atoms with van der Waals surface area (Å²) < 4.78 is 0. The van der Waals surface area contributed by atoms with E-state index >= 15 is 0 Å². The van der Waals surface area contributed by atoms with E-state index in [9.17, 15) is 4.79 Å². The van der Waals surface area contributed by atoms with Crippen LogP contribution in [0.4, 0.5) is 16.6 Å². The molecule has 4 heterocycles. The number of amides is 2. The molecule has 3 aliphatic heterocycles. The molecule has 170 valence electrons. The number of nitrogens with zero attached hydrogens (tertiary/aromatic N) is 6. The van der Waals surface area contributed by atoms with Crippen LogP contribution < -0.4 is 15.1 Å². The van der Waals surface area contributed by atoms with Gasteiger partial charge in [0.1, 0.15) is 5.82 Å². The quantitative estimate of drug-likeness (QED) is 0.793. The van der Waals surface area contributed by atoms with Crippen molar-refractivity contribution in [3.63, 3.8) is 0 Å². The predicted molar refractivity (Wildman–Crippen MR) is 126 cm³/mol. The third kappa shape index (κ3) is 4.50. The highest BCUT2D eigenvalue weighted by atomic mass is 16.2. The third-order valence-corrected chi connectivity index (χ3v) is 6.79. The van der Waals surface area contributed by atoms with Gasteiger partial charge in [-0.1, -0.05) is 30.3 Å². The van der Waals surface area contributed by atoms with E-state index < -0.39 is 0 Å². The molecule has 0 atom stereocenters. The number of anilines is 2. The predicted octanol–water partition coefficient (Wildman–Crippen LogP) is 2.10. The summed E-state index contributed by atoms with van der Waals surface area (Å²) in [6.45, 7) is 7.87. The maximum Gasteiger partial charge on any atom is 0.317 e. The Labute approximate surface area is 190 Å². The number of carbonyl (C=O) groups is 1. The molecule has 2 aromatic rings. The normalized spacial score (nSPS) is 19.2. The van der Waals surface area contributed by atoms with Gasteiger partial charge in [0.15, 0.2) is 0 Å². The Morgan fingerprint density at radius 2 is 1.69 bits per heavy atom. The Morgan fingerprint density at radius 3 is 2.44 bits per heavy atom. The van der Waals surface area contributed by atoms with Gasteiger partial charge in [0.05, 0.1) is 12.2 Å². The number of hydrogen-bond acceptors (Lipinski definition) is 6. The molecule has 8 nitrogen and oxygen atoms in total. The fourth-order valence-corrected chi connectivity index (χ4v) is 4.78. The van der Waals surface area contributed by atoms with Gasteiger partial charge in [-0.15, -0.1) is 0 Å². The van der Waals surface area contributed by atoms with Gasteiger partial charge < -0.3 is 24.9 Å². The Balaban J connectivity index is 1.35. The van der Waals surface area contributed by atoms with Gasteiger partial charge in [-0.25, -0.2) is 9.78 Å². The summed E-state index contributed by atoms with van der Waals surface area (Å²) in [5, 5.41) is 3.08. The summed E-state index contributed by atoms with van der Waals surface area (Å²) in [4.78, 5) is 31.9. The molecule has 0 unspecified atom stereocenters. The summed E-state index contributed by atoms with van der Waals surface area (Å²) in [6.07, 6.45) is 3.17. The molecule has 0 bridgehead atoms. The lowest BCUT2D eigenvalue weighted by atomic mass is 10.1. The summed E-state index contributed by atoms with van der Waals surface area (Å²) in [7, 11) is 2.16. The average Bonchev–Trinajstić information content (AvgIpc) is 3.37. The minimum absolute atomic E-state index is 0.0185. The lowest BCUT2D eigenvalue weighted by molar-refractivity contribution is 0.191. The van der Waals surface area contributed by atoms with E-state index in [1.54, 1.807) is 0 Å². The van der Waals surface area contributed by atoms with Crippen LogP contribution in [0.2, 0.25) is 0 Å². The first kappa shape index (κ1) is 21.0. The molecule has 0 spiro atoms. The summed E-state index contributed by atoms with van der Waals surface area (Å²) in [5.74, 6) is 1.91. The van der Waals surface area contributed by atoms with Crippen LogP contribution in [0.5, 0.6) is 0 Å². The Bertz CT molecular complexity index is 937. The van der Waals surface area contributed by atoms with Crippen molar-refractivity contribution in [2.24, 2.45) is 0 Å². The molecule has 0 saturated carbocycles. The number of carbonyl (C=O) groups excluding carboxylic acids is 1. The van der Waals surface area contributed by atoms with E-state index in [-0.39, 0.29) is 6.03 Å². The van der Waals surface area contributed by atoms with Crippen molar-refractivity contribution in [1.82, 2.24) is 25.1 Å². The molecule has 2 amide bonds.